The molecule has 170 valence electrons. The summed E-state index contributed by atoms with van der Waals surface area (Å²) in [6, 6.07) is 10.4. The van der Waals surface area contributed by atoms with E-state index in [1.54, 1.807) is 6.07 Å². The van der Waals surface area contributed by atoms with Gasteiger partial charge in [-0.3, -0.25) is 14.5 Å². The van der Waals surface area contributed by atoms with E-state index in [4.69, 9.17) is 0 Å². The van der Waals surface area contributed by atoms with Gasteiger partial charge >= 0.3 is 12.4 Å². The van der Waals surface area contributed by atoms with Crippen LogP contribution in [0, 0.1) is 5.82 Å². The number of para-hydroxylation sites is 1. The Balaban J connectivity index is 1.88. The maximum Gasteiger partial charge on any atom is 0.419 e. The van der Waals surface area contributed by atoms with Crippen molar-refractivity contribution in [3.8, 4) is 11.3 Å². The Hall–Kier alpha value is -3.76. The molecule has 0 unspecified atom stereocenters. The van der Waals surface area contributed by atoms with Crippen LogP contribution in [0.5, 0.6) is 0 Å². The first kappa shape index (κ1) is 22.4. The summed E-state index contributed by atoms with van der Waals surface area (Å²) in [5.41, 5.74) is -4.12. The quantitative estimate of drug-likeness (QED) is 0.364. The number of fused-ring (bicyclic) bond motifs is 1. The van der Waals surface area contributed by atoms with Gasteiger partial charge < -0.3 is 0 Å². The standard InChI is InChI=1S/C22H12F7N3O/c23-18-15(5-3-6-16(18)22(27,28)29)19-20(33)14-4-1-2-7-17(14)32(31-19)11-13-9-8-12(10-30-13)21(24,25)26/h1-10H,11H2. The topological polar surface area (TPSA) is 47.8 Å². The predicted octanol–water partition coefficient (Wildman–Crippen LogP) is 5.68. The Morgan fingerprint density at radius 3 is 2.21 bits per heavy atom. The minimum absolute atomic E-state index is 0.0474. The van der Waals surface area contributed by atoms with E-state index in [2.05, 4.69) is 10.1 Å². The fourth-order valence-electron chi connectivity index (χ4n) is 3.31. The van der Waals surface area contributed by atoms with E-state index in [9.17, 15) is 35.5 Å². The van der Waals surface area contributed by atoms with Crippen LogP contribution in [0.3, 0.4) is 0 Å². The lowest BCUT2D eigenvalue weighted by molar-refractivity contribution is -0.140. The van der Waals surface area contributed by atoms with Crippen LogP contribution < -0.4 is 5.43 Å². The zero-order chi connectivity index (χ0) is 24.0. The van der Waals surface area contributed by atoms with Crippen LogP contribution >= 0.6 is 0 Å². The van der Waals surface area contributed by atoms with E-state index in [0.29, 0.717) is 12.3 Å². The molecule has 0 aliphatic rings. The Bertz CT molecular complexity index is 1390. The maximum atomic E-state index is 14.7. The molecule has 2 heterocycles. The van der Waals surface area contributed by atoms with Gasteiger partial charge in [0.2, 0.25) is 5.43 Å². The van der Waals surface area contributed by atoms with Gasteiger partial charge in [0.25, 0.3) is 0 Å². The SMILES string of the molecule is O=c1c(-c2cccc(C(F)(F)F)c2F)nn(Cc2ccc(C(F)(F)F)cn2)c2ccccc12. The molecule has 0 aliphatic heterocycles. The predicted molar refractivity (Wildman–Crippen MR) is 105 cm³/mol. The molecule has 11 heteroatoms. The fourth-order valence-corrected chi connectivity index (χ4v) is 3.31. The Morgan fingerprint density at radius 2 is 1.58 bits per heavy atom. The van der Waals surface area contributed by atoms with Crippen LogP contribution in [0.25, 0.3) is 22.2 Å². The number of benzene rings is 2. The number of alkyl halides is 6. The molecular formula is C22H12F7N3O. The average Bonchev–Trinajstić information content (AvgIpc) is 2.75. The third kappa shape index (κ3) is 4.30. The molecule has 0 atom stereocenters. The van der Waals surface area contributed by atoms with Crippen LogP contribution in [0.2, 0.25) is 0 Å². The monoisotopic (exact) mass is 467 g/mol. The van der Waals surface area contributed by atoms with Crippen molar-refractivity contribution < 1.29 is 30.7 Å². The molecule has 0 bridgehead atoms. The summed E-state index contributed by atoms with van der Waals surface area (Å²) >= 11 is 0. The second-order valence-corrected chi connectivity index (χ2v) is 7.05. The van der Waals surface area contributed by atoms with E-state index >= 15 is 0 Å². The van der Waals surface area contributed by atoms with Crippen molar-refractivity contribution in [3.05, 3.63) is 93.7 Å². The first-order chi connectivity index (χ1) is 15.5. The number of nitrogens with zero attached hydrogens (tertiary/aromatic N) is 3. The molecule has 0 saturated heterocycles. The Kier molecular flexibility index (Phi) is 5.43. The third-order valence-electron chi connectivity index (χ3n) is 4.89. The number of halogens is 7. The first-order valence-electron chi connectivity index (χ1n) is 9.35. The van der Waals surface area contributed by atoms with Crippen molar-refractivity contribution in [2.45, 2.75) is 18.9 Å². The van der Waals surface area contributed by atoms with Crippen LogP contribution in [0.1, 0.15) is 16.8 Å². The molecule has 4 nitrogen and oxygen atoms in total. The molecule has 0 saturated carbocycles. The van der Waals surface area contributed by atoms with E-state index < -0.39 is 46.0 Å². The lowest BCUT2D eigenvalue weighted by atomic mass is 10.0. The molecule has 2 aromatic heterocycles. The van der Waals surface area contributed by atoms with E-state index in [1.165, 1.54) is 22.9 Å². The van der Waals surface area contributed by atoms with Gasteiger partial charge in [0.15, 0.2) is 0 Å². The highest BCUT2D eigenvalue weighted by atomic mass is 19.4. The zero-order valence-electron chi connectivity index (χ0n) is 16.4. The highest BCUT2D eigenvalue weighted by Crippen LogP contribution is 2.34. The average molecular weight is 467 g/mol. The molecule has 4 rings (SSSR count). The lowest BCUT2D eigenvalue weighted by Crippen LogP contribution is -2.19. The molecule has 4 aromatic rings. The van der Waals surface area contributed by atoms with Crippen molar-refractivity contribution in [1.82, 2.24) is 14.8 Å². The summed E-state index contributed by atoms with van der Waals surface area (Å²) in [5.74, 6) is -1.65. The molecule has 0 aliphatic carbocycles. The van der Waals surface area contributed by atoms with E-state index in [-0.39, 0.29) is 23.1 Å². The van der Waals surface area contributed by atoms with Gasteiger partial charge in [-0.1, -0.05) is 18.2 Å². The number of aromatic nitrogens is 3. The second kappa shape index (κ2) is 7.98. The molecule has 0 fully saturated rings. The molecule has 0 spiro atoms. The fraction of sp³-hybridized carbons (Fsp3) is 0.136. The van der Waals surface area contributed by atoms with E-state index in [0.717, 1.165) is 24.3 Å². The minimum atomic E-state index is -4.99. The van der Waals surface area contributed by atoms with Gasteiger partial charge in [0.1, 0.15) is 11.5 Å². The summed E-state index contributed by atoms with van der Waals surface area (Å²) < 4.78 is 93.7. The van der Waals surface area contributed by atoms with Gasteiger partial charge in [-0.25, -0.2) is 4.39 Å². The maximum absolute atomic E-state index is 14.7. The largest absolute Gasteiger partial charge is 0.419 e. The Morgan fingerprint density at radius 1 is 0.848 bits per heavy atom. The van der Waals surface area contributed by atoms with Gasteiger partial charge in [0.05, 0.1) is 28.9 Å². The number of pyridine rings is 1. The molecule has 0 radical (unpaired) electrons. The summed E-state index contributed by atoms with van der Waals surface area (Å²) in [5, 5.41) is 4.10. The number of hydrogen-bond donors (Lipinski definition) is 0. The molecule has 33 heavy (non-hydrogen) atoms. The van der Waals surface area contributed by atoms with Crippen LogP contribution in [-0.4, -0.2) is 14.8 Å². The smallest absolute Gasteiger partial charge is 0.287 e. The molecule has 0 amide bonds. The summed E-state index contributed by atoms with van der Waals surface area (Å²) in [4.78, 5) is 16.7. The van der Waals surface area contributed by atoms with Crippen molar-refractivity contribution in [3.63, 3.8) is 0 Å². The lowest BCUT2D eigenvalue weighted by Gasteiger charge is -2.14. The molecule has 2 aromatic carbocycles. The minimum Gasteiger partial charge on any atom is -0.287 e. The number of hydrogen-bond acceptors (Lipinski definition) is 3. The van der Waals surface area contributed by atoms with Crippen molar-refractivity contribution in [2.75, 3.05) is 0 Å². The molecular weight excluding hydrogens is 455 g/mol. The highest BCUT2D eigenvalue weighted by Gasteiger charge is 2.35. The Labute approximate surface area is 180 Å². The summed E-state index contributed by atoms with van der Waals surface area (Å²) in [6.45, 7) is -0.216. The molecule has 0 N–H and O–H groups in total. The summed E-state index contributed by atoms with van der Waals surface area (Å²) in [7, 11) is 0. The summed E-state index contributed by atoms with van der Waals surface area (Å²) in [6.07, 6.45) is -8.93. The zero-order valence-corrected chi connectivity index (χ0v) is 16.4. The van der Waals surface area contributed by atoms with Crippen LogP contribution in [0.4, 0.5) is 30.7 Å². The van der Waals surface area contributed by atoms with Crippen molar-refractivity contribution in [1.29, 1.82) is 0 Å². The van der Waals surface area contributed by atoms with Gasteiger partial charge in [-0.05, 0) is 36.4 Å². The van der Waals surface area contributed by atoms with Gasteiger partial charge in [-0.15, -0.1) is 0 Å². The van der Waals surface area contributed by atoms with Crippen molar-refractivity contribution >= 4 is 10.9 Å². The van der Waals surface area contributed by atoms with Crippen molar-refractivity contribution in [2.24, 2.45) is 0 Å². The van der Waals surface area contributed by atoms with Gasteiger partial charge in [-0.2, -0.15) is 31.4 Å². The normalized spacial score (nSPS) is 12.3. The van der Waals surface area contributed by atoms with E-state index in [1.807, 2.05) is 0 Å². The first-order valence-corrected chi connectivity index (χ1v) is 9.35. The van der Waals surface area contributed by atoms with Crippen LogP contribution in [-0.2, 0) is 18.9 Å². The van der Waals surface area contributed by atoms with Crippen LogP contribution in [0.15, 0.2) is 65.6 Å². The number of rotatable bonds is 3. The highest BCUT2D eigenvalue weighted by molar-refractivity contribution is 5.82. The third-order valence-corrected chi connectivity index (χ3v) is 4.89. The van der Waals surface area contributed by atoms with Gasteiger partial charge in [0, 0.05) is 17.1 Å². The second-order valence-electron chi connectivity index (χ2n) is 7.05.